The van der Waals surface area contributed by atoms with Gasteiger partial charge in [0.1, 0.15) is 11.5 Å². The molecule has 1 fully saturated rings. The smallest absolute Gasteiger partial charge is 0.311 e. The summed E-state index contributed by atoms with van der Waals surface area (Å²) >= 11 is 0. The van der Waals surface area contributed by atoms with Crippen LogP contribution in [-0.2, 0) is 14.3 Å². The maximum Gasteiger partial charge on any atom is 0.311 e. The normalized spacial score (nSPS) is 21.2. The minimum atomic E-state index is -0.855. The van der Waals surface area contributed by atoms with Crippen molar-refractivity contribution in [1.29, 1.82) is 0 Å². The lowest BCUT2D eigenvalue weighted by Crippen LogP contribution is -2.15. The number of rotatable bonds is 20. The monoisotopic (exact) mass is 836 g/mol. The number of esters is 1. The average Bonchev–Trinajstić information content (AvgIpc) is 4.00. The standard InChI is InChI=1S/C53H64N4O5/c1-7-9-10-11-12-13-14-15-16-17-18-19-20-21-22-23-24-25-26-27-49(61)62-53-37(6)44-31-42-35(4)39(28-29-48(59)60)51(56-42)40-30-47(58)50-36(5)43(57-52(40)50)32-45-38(8-2)34(3)41(54-45)33-46(53)55-44/h9-10,12-13,15-16,18-19,21-22,31-33,35,39,56,58H,7-8,11,14,17,20,23-30H2,1-6H3,(H,59,60)/b10-9+,13-12+,16-15+,19-18+,22-21+,42-31?,45-32?,46-33?,51-40?/t35-,39-/m0/s1. The number of aliphatic hydroxyl groups is 1. The van der Waals surface area contributed by atoms with E-state index >= 15 is 0 Å². The maximum absolute atomic E-state index is 13.4. The van der Waals surface area contributed by atoms with Gasteiger partial charge in [0.15, 0.2) is 5.76 Å². The molecule has 0 aromatic heterocycles. The molecule has 0 aromatic rings. The van der Waals surface area contributed by atoms with Gasteiger partial charge in [0.25, 0.3) is 0 Å². The number of hydrogen-bond acceptors (Lipinski definition) is 8. The topological polar surface area (TPSA) is 133 Å². The lowest BCUT2D eigenvalue weighted by molar-refractivity contribution is -0.139. The van der Waals surface area contributed by atoms with Crippen molar-refractivity contribution in [3.63, 3.8) is 0 Å². The largest absolute Gasteiger partial charge is 0.511 e. The molecule has 1 saturated heterocycles. The molecule has 6 aliphatic rings. The number of hydrogen-bond donors (Lipinski definition) is 3. The minimum Gasteiger partial charge on any atom is -0.511 e. The summed E-state index contributed by atoms with van der Waals surface area (Å²) in [6.45, 7) is 12.3. The van der Waals surface area contributed by atoms with Crippen molar-refractivity contribution < 1.29 is 24.5 Å². The van der Waals surface area contributed by atoms with Gasteiger partial charge in [0.2, 0.25) is 0 Å². The predicted molar refractivity (Wildman–Crippen MR) is 253 cm³/mol. The van der Waals surface area contributed by atoms with E-state index in [1.807, 2.05) is 32.1 Å². The van der Waals surface area contributed by atoms with Crippen LogP contribution in [0.2, 0.25) is 0 Å². The molecule has 0 aromatic carbocycles. The van der Waals surface area contributed by atoms with Gasteiger partial charge in [-0.2, -0.15) is 0 Å². The Bertz CT molecular complexity index is 2320. The van der Waals surface area contributed by atoms with E-state index in [0.717, 1.165) is 132 Å². The number of ether oxygens (including phenoxy) is 1. The number of aliphatic imine (C=N–C) groups is 3. The second-order valence-electron chi connectivity index (χ2n) is 16.7. The zero-order valence-corrected chi connectivity index (χ0v) is 37.5. The Kier molecular flexibility index (Phi) is 16.1. The van der Waals surface area contributed by atoms with Crippen molar-refractivity contribution in [2.75, 3.05) is 0 Å². The third-order valence-corrected chi connectivity index (χ3v) is 12.3. The van der Waals surface area contributed by atoms with Crippen molar-refractivity contribution in [1.82, 2.24) is 5.32 Å². The Morgan fingerprint density at radius 3 is 2.08 bits per heavy atom. The van der Waals surface area contributed by atoms with Gasteiger partial charge in [-0.3, -0.25) is 9.59 Å². The van der Waals surface area contributed by atoms with Gasteiger partial charge in [-0.1, -0.05) is 88.0 Å². The average molecular weight is 837 g/mol. The van der Waals surface area contributed by atoms with Crippen LogP contribution >= 0.6 is 0 Å². The lowest BCUT2D eigenvalue weighted by atomic mass is 9.86. The molecule has 0 amide bonds. The first-order chi connectivity index (χ1) is 30.0. The maximum atomic E-state index is 13.4. The number of allylic oxidation sites excluding steroid dienone is 21. The summed E-state index contributed by atoms with van der Waals surface area (Å²) in [6, 6.07) is 0. The van der Waals surface area contributed by atoms with E-state index in [1.54, 1.807) is 0 Å². The summed E-state index contributed by atoms with van der Waals surface area (Å²) in [6.07, 6.45) is 38.3. The molecular formula is C53H64N4O5. The number of nitrogens with one attached hydrogen (secondary N) is 1. The van der Waals surface area contributed by atoms with Gasteiger partial charge in [0, 0.05) is 59.2 Å². The number of nitrogens with zero attached hydrogens (tertiary/aromatic N) is 3. The van der Waals surface area contributed by atoms with Crippen molar-refractivity contribution in [2.45, 2.75) is 131 Å². The van der Waals surface area contributed by atoms with Gasteiger partial charge >= 0.3 is 11.9 Å². The van der Waals surface area contributed by atoms with E-state index in [0.29, 0.717) is 36.4 Å². The van der Waals surface area contributed by atoms with Crippen LogP contribution < -0.4 is 5.32 Å². The number of carboxylic acid groups (broad SMARTS) is 1. The lowest BCUT2D eigenvalue weighted by Gasteiger charge is -2.17. The number of carbonyl (C=O) groups is 2. The summed E-state index contributed by atoms with van der Waals surface area (Å²) in [5, 5.41) is 24.6. The summed E-state index contributed by atoms with van der Waals surface area (Å²) in [4.78, 5) is 40.5. The summed E-state index contributed by atoms with van der Waals surface area (Å²) in [5.41, 5.74) is 11.4. The molecule has 0 unspecified atom stereocenters. The van der Waals surface area contributed by atoms with Crippen LogP contribution in [0.3, 0.4) is 0 Å². The number of carbonyl (C=O) groups excluding carboxylic acids is 1. The fourth-order valence-corrected chi connectivity index (χ4v) is 8.73. The molecule has 0 radical (unpaired) electrons. The van der Waals surface area contributed by atoms with Crippen LogP contribution in [0.1, 0.15) is 131 Å². The van der Waals surface area contributed by atoms with E-state index in [4.69, 9.17) is 19.7 Å². The van der Waals surface area contributed by atoms with Gasteiger partial charge in [-0.15, -0.1) is 0 Å². The highest BCUT2D eigenvalue weighted by atomic mass is 16.5. The van der Waals surface area contributed by atoms with Gasteiger partial charge < -0.3 is 20.3 Å². The van der Waals surface area contributed by atoms with Crippen LogP contribution in [0.15, 0.2) is 167 Å². The zero-order chi connectivity index (χ0) is 44.2. The zero-order valence-electron chi connectivity index (χ0n) is 37.5. The minimum absolute atomic E-state index is 0.00988. The van der Waals surface area contributed by atoms with Crippen LogP contribution in [0, 0.1) is 11.8 Å². The Morgan fingerprint density at radius 2 is 1.42 bits per heavy atom. The summed E-state index contributed by atoms with van der Waals surface area (Å²) in [7, 11) is 0. The molecule has 6 rings (SSSR count). The van der Waals surface area contributed by atoms with Crippen molar-refractivity contribution in [3.05, 3.63) is 152 Å². The van der Waals surface area contributed by atoms with E-state index in [2.05, 4.69) is 93.8 Å². The first kappa shape index (κ1) is 45.7. The number of unbranched alkanes of at least 4 members (excludes halogenated alkanes) is 3. The SMILES string of the molecule is CC/C=C/C/C=C/C/C=C/C/C=C/C/C=C/CCCCCC(=O)OC1=C(C)C2=NC1=CC1=NC(=CC3=C(C)C4=C(O)CC(=C5NC(=C2)[C@@H](C)[C@@H]5CCC(=O)O)C4=N3)C(CC)=C1C. The molecular weight excluding hydrogens is 773 g/mol. The highest BCUT2D eigenvalue weighted by Gasteiger charge is 2.41. The number of carboxylic acids is 1. The Morgan fingerprint density at radius 1 is 0.774 bits per heavy atom. The third-order valence-electron chi connectivity index (χ3n) is 12.3. The van der Waals surface area contributed by atoms with Crippen molar-refractivity contribution in [3.8, 4) is 0 Å². The first-order valence-corrected chi connectivity index (χ1v) is 22.7. The molecule has 5 heterocycles. The molecule has 326 valence electrons. The number of aliphatic carboxylic acids is 1. The van der Waals surface area contributed by atoms with Crippen LogP contribution in [0.5, 0.6) is 0 Å². The Hall–Kier alpha value is -5.83. The molecule has 0 spiro atoms. The Balaban J connectivity index is 1.13. The quantitative estimate of drug-likeness (QED) is 0.0635. The number of fused-ring (bicyclic) bond motifs is 5. The van der Waals surface area contributed by atoms with Crippen LogP contribution in [0.25, 0.3) is 0 Å². The highest BCUT2D eigenvalue weighted by molar-refractivity contribution is 6.21. The van der Waals surface area contributed by atoms with Gasteiger partial charge in [-0.05, 0) is 120 Å². The van der Waals surface area contributed by atoms with E-state index in [9.17, 15) is 19.8 Å². The fraction of sp³-hybridized carbons (Fsp3) is 0.415. The fourth-order valence-electron chi connectivity index (χ4n) is 8.73. The van der Waals surface area contributed by atoms with E-state index < -0.39 is 5.97 Å². The molecule has 9 heteroatoms. The predicted octanol–water partition coefficient (Wildman–Crippen LogP) is 12.7. The third kappa shape index (κ3) is 11.0. The highest BCUT2D eigenvalue weighted by Crippen LogP contribution is 2.46. The molecule has 1 aliphatic carbocycles. The second-order valence-corrected chi connectivity index (χ2v) is 16.7. The number of aliphatic hydroxyl groups excluding tert-OH is 1. The van der Waals surface area contributed by atoms with Crippen LogP contribution in [0.4, 0.5) is 0 Å². The second kappa shape index (κ2) is 21.8. The van der Waals surface area contributed by atoms with Crippen LogP contribution in [-0.4, -0.2) is 39.3 Å². The molecule has 5 aliphatic heterocycles. The summed E-state index contributed by atoms with van der Waals surface area (Å²) in [5.74, 6) is -0.659. The molecule has 0 saturated carbocycles. The van der Waals surface area contributed by atoms with Gasteiger partial charge in [-0.25, -0.2) is 15.0 Å². The Labute approximate surface area is 368 Å². The van der Waals surface area contributed by atoms with E-state index in [-0.39, 0.29) is 30.0 Å². The molecule has 3 N–H and O–H groups in total. The van der Waals surface area contributed by atoms with Crippen molar-refractivity contribution in [2.24, 2.45) is 26.8 Å². The molecule has 62 heavy (non-hydrogen) atoms. The van der Waals surface area contributed by atoms with E-state index in [1.165, 1.54) is 0 Å². The molecule has 2 atom stereocenters. The molecule has 9 nitrogen and oxygen atoms in total. The first-order valence-electron chi connectivity index (χ1n) is 22.7. The van der Waals surface area contributed by atoms with Gasteiger partial charge in [0.05, 0.1) is 28.5 Å². The molecule has 8 bridgehead atoms. The van der Waals surface area contributed by atoms with Crippen molar-refractivity contribution >= 4 is 29.1 Å². The summed E-state index contributed by atoms with van der Waals surface area (Å²) < 4.78 is 6.17.